The number of rotatable bonds is 4. The predicted octanol–water partition coefficient (Wildman–Crippen LogP) is -1.32. The van der Waals surface area contributed by atoms with Gasteiger partial charge in [0.05, 0.1) is 6.54 Å². The summed E-state index contributed by atoms with van der Waals surface area (Å²) >= 11 is 0. The van der Waals surface area contributed by atoms with E-state index in [-0.39, 0.29) is 12.5 Å². The molecule has 0 bridgehead atoms. The average molecular weight is 253 g/mol. The first-order chi connectivity index (χ1) is 8.56. The number of aromatic nitrogens is 3. The van der Waals surface area contributed by atoms with Crippen molar-refractivity contribution in [1.82, 2.24) is 25.0 Å². The molecule has 0 fully saturated rings. The second kappa shape index (κ2) is 5.13. The van der Waals surface area contributed by atoms with Crippen molar-refractivity contribution in [3.8, 4) is 0 Å². The van der Waals surface area contributed by atoms with E-state index in [1.165, 1.54) is 6.92 Å². The van der Waals surface area contributed by atoms with Crippen molar-refractivity contribution in [3.05, 3.63) is 12.2 Å². The quantitative estimate of drug-likeness (QED) is 0.690. The smallest absolute Gasteiger partial charge is 0.327 e. The average Bonchev–Trinajstić information content (AvgIpc) is 2.74. The van der Waals surface area contributed by atoms with Crippen LogP contribution in [0.5, 0.6) is 0 Å². The molecule has 1 aromatic heterocycles. The van der Waals surface area contributed by atoms with Crippen LogP contribution in [0.15, 0.2) is 6.33 Å². The molecule has 2 rings (SSSR count). The second-order valence-corrected chi connectivity index (χ2v) is 4.27. The predicted molar refractivity (Wildman–Crippen MR) is 60.5 cm³/mol. The third-order valence-electron chi connectivity index (χ3n) is 2.83. The normalized spacial score (nSPS) is 16.9. The van der Waals surface area contributed by atoms with Crippen LogP contribution >= 0.6 is 0 Å². The molecule has 2 heterocycles. The lowest BCUT2D eigenvalue weighted by Crippen LogP contribution is -2.49. The summed E-state index contributed by atoms with van der Waals surface area (Å²) in [6, 6.07) is -0.892. The fourth-order valence-electron chi connectivity index (χ4n) is 1.96. The zero-order valence-corrected chi connectivity index (χ0v) is 10.0. The lowest BCUT2D eigenvalue weighted by Gasteiger charge is -2.29. The minimum absolute atomic E-state index is 0.266. The molecular formula is C10H15N5O3. The van der Waals surface area contributed by atoms with Gasteiger partial charge in [0.15, 0.2) is 0 Å². The molecule has 0 saturated carbocycles. The van der Waals surface area contributed by atoms with Gasteiger partial charge in [0.1, 0.15) is 18.2 Å². The Labute approximate surface area is 104 Å². The number of carbonyl (C=O) groups is 2. The third-order valence-corrected chi connectivity index (χ3v) is 2.83. The SMILES string of the molecule is CC(=O)NC(CN1CCn2cnnc2C1)C(=O)O. The Hall–Kier alpha value is -1.96. The van der Waals surface area contributed by atoms with E-state index < -0.39 is 12.0 Å². The maximum absolute atomic E-state index is 11.0. The van der Waals surface area contributed by atoms with Crippen molar-refractivity contribution in [2.45, 2.75) is 26.1 Å². The van der Waals surface area contributed by atoms with Crippen LogP contribution in [0.3, 0.4) is 0 Å². The number of hydrogen-bond acceptors (Lipinski definition) is 5. The fraction of sp³-hybridized carbons (Fsp3) is 0.600. The fourth-order valence-corrected chi connectivity index (χ4v) is 1.96. The summed E-state index contributed by atoms with van der Waals surface area (Å²) in [4.78, 5) is 23.9. The zero-order valence-electron chi connectivity index (χ0n) is 10.0. The maximum Gasteiger partial charge on any atom is 0.327 e. The Morgan fingerprint density at radius 1 is 1.56 bits per heavy atom. The molecule has 1 aliphatic heterocycles. The number of carboxylic acids is 1. The van der Waals surface area contributed by atoms with E-state index in [4.69, 9.17) is 5.11 Å². The van der Waals surface area contributed by atoms with Crippen LogP contribution < -0.4 is 5.32 Å². The van der Waals surface area contributed by atoms with Crippen molar-refractivity contribution >= 4 is 11.9 Å². The standard InChI is InChI=1S/C10H15N5O3/c1-7(16)12-8(10(17)18)4-14-2-3-15-6-11-13-9(15)5-14/h6,8H,2-5H2,1H3,(H,12,16)(H,17,18). The van der Waals surface area contributed by atoms with Crippen LogP contribution in [0.2, 0.25) is 0 Å². The monoisotopic (exact) mass is 253 g/mol. The third kappa shape index (κ3) is 2.83. The number of aliphatic carboxylic acids is 1. The highest BCUT2D eigenvalue weighted by molar-refractivity contribution is 5.82. The second-order valence-electron chi connectivity index (χ2n) is 4.27. The van der Waals surface area contributed by atoms with Gasteiger partial charge in [-0.25, -0.2) is 4.79 Å². The Balaban J connectivity index is 1.97. The first kappa shape index (κ1) is 12.5. The largest absolute Gasteiger partial charge is 0.480 e. The molecule has 8 nitrogen and oxygen atoms in total. The molecule has 1 unspecified atom stereocenters. The molecule has 1 amide bonds. The molecule has 0 saturated heterocycles. The Bertz CT molecular complexity index is 458. The number of hydrogen-bond donors (Lipinski definition) is 2. The summed E-state index contributed by atoms with van der Waals surface area (Å²) in [5.41, 5.74) is 0. The summed E-state index contributed by atoms with van der Waals surface area (Å²) in [5.74, 6) is -0.562. The highest BCUT2D eigenvalue weighted by Gasteiger charge is 2.25. The molecule has 0 spiro atoms. The van der Waals surface area contributed by atoms with Gasteiger partial charge in [0.2, 0.25) is 5.91 Å². The number of amides is 1. The van der Waals surface area contributed by atoms with E-state index in [0.29, 0.717) is 13.1 Å². The van der Waals surface area contributed by atoms with Gasteiger partial charge < -0.3 is 15.0 Å². The minimum Gasteiger partial charge on any atom is -0.480 e. The van der Waals surface area contributed by atoms with E-state index in [9.17, 15) is 9.59 Å². The summed E-state index contributed by atoms with van der Waals surface area (Å²) in [6.07, 6.45) is 1.66. The van der Waals surface area contributed by atoms with E-state index in [1.807, 2.05) is 9.47 Å². The van der Waals surface area contributed by atoms with E-state index in [1.54, 1.807) is 6.33 Å². The molecule has 0 radical (unpaired) electrons. The number of carbonyl (C=O) groups excluding carboxylic acids is 1. The van der Waals surface area contributed by atoms with Gasteiger partial charge in [0, 0.05) is 26.6 Å². The van der Waals surface area contributed by atoms with Gasteiger partial charge in [-0.3, -0.25) is 9.69 Å². The van der Waals surface area contributed by atoms with Crippen molar-refractivity contribution < 1.29 is 14.7 Å². The number of fused-ring (bicyclic) bond motifs is 1. The molecule has 8 heteroatoms. The van der Waals surface area contributed by atoms with Gasteiger partial charge in [-0.05, 0) is 0 Å². The van der Waals surface area contributed by atoms with Crippen molar-refractivity contribution in [2.24, 2.45) is 0 Å². The highest BCUT2D eigenvalue weighted by Crippen LogP contribution is 2.09. The van der Waals surface area contributed by atoms with Gasteiger partial charge in [0.25, 0.3) is 0 Å². The summed E-state index contributed by atoms with van der Waals surface area (Å²) in [5, 5.41) is 19.2. The first-order valence-electron chi connectivity index (χ1n) is 5.65. The highest BCUT2D eigenvalue weighted by atomic mass is 16.4. The van der Waals surface area contributed by atoms with Crippen LogP contribution in [0.25, 0.3) is 0 Å². The van der Waals surface area contributed by atoms with Crippen molar-refractivity contribution in [1.29, 1.82) is 0 Å². The van der Waals surface area contributed by atoms with Gasteiger partial charge in [-0.2, -0.15) is 0 Å². The van der Waals surface area contributed by atoms with Gasteiger partial charge in [-0.1, -0.05) is 0 Å². The Morgan fingerprint density at radius 3 is 3.00 bits per heavy atom. The molecule has 98 valence electrons. The lowest BCUT2D eigenvalue weighted by molar-refractivity contribution is -0.142. The number of carboxylic acid groups (broad SMARTS) is 1. The molecule has 1 aromatic rings. The van der Waals surface area contributed by atoms with Crippen LogP contribution in [-0.4, -0.2) is 55.8 Å². The molecule has 0 aromatic carbocycles. The number of nitrogens with one attached hydrogen (secondary N) is 1. The molecule has 18 heavy (non-hydrogen) atoms. The molecule has 2 N–H and O–H groups in total. The first-order valence-corrected chi connectivity index (χ1v) is 5.65. The van der Waals surface area contributed by atoms with Crippen molar-refractivity contribution in [3.63, 3.8) is 0 Å². The maximum atomic E-state index is 11.0. The Morgan fingerprint density at radius 2 is 2.33 bits per heavy atom. The van der Waals surface area contributed by atoms with Crippen molar-refractivity contribution in [2.75, 3.05) is 13.1 Å². The van der Waals surface area contributed by atoms with Gasteiger partial charge in [-0.15, -0.1) is 10.2 Å². The van der Waals surface area contributed by atoms with Crippen LogP contribution in [0, 0.1) is 0 Å². The zero-order chi connectivity index (χ0) is 13.1. The summed E-state index contributed by atoms with van der Waals surface area (Å²) < 4.78 is 1.94. The van der Waals surface area contributed by atoms with Crippen LogP contribution in [-0.2, 0) is 22.7 Å². The Kier molecular flexibility index (Phi) is 3.56. The van der Waals surface area contributed by atoms with E-state index in [0.717, 1.165) is 12.4 Å². The molecule has 1 aliphatic rings. The lowest BCUT2D eigenvalue weighted by atomic mass is 10.2. The van der Waals surface area contributed by atoms with E-state index >= 15 is 0 Å². The van der Waals surface area contributed by atoms with Gasteiger partial charge >= 0.3 is 5.97 Å². The van der Waals surface area contributed by atoms with E-state index in [2.05, 4.69) is 15.5 Å². The molecule has 0 aliphatic carbocycles. The number of nitrogens with zero attached hydrogens (tertiary/aromatic N) is 4. The topological polar surface area (TPSA) is 100 Å². The van der Waals surface area contributed by atoms with Crippen LogP contribution in [0.4, 0.5) is 0 Å². The minimum atomic E-state index is -1.03. The van der Waals surface area contributed by atoms with Crippen LogP contribution in [0.1, 0.15) is 12.7 Å². The summed E-state index contributed by atoms with van der Waals surface area (Å²) in [6.45, 7) is 3.57. The molecule has 1 atom stereocenters. The molecular weight excluding hydrogens is 238 g/mol. The summed E-state index contributed by atoms with van der Waals surface area (Å²) in [7, 11) is 0.